The Morgan fingerprint density at radius 1 is 1.12 bits per heavy atom. The van der Waals surface area contributed by atoms with Crippen LogP contribution >= 0.6 is 0 Å². The molecule has 0 atom stereocenters. The predicted octanol–water partition coefficient (Wildman–Crippen LogP) is 0.0126. The maximum atomic E-state index is 12.4. The highest BCUT2D eigenvalue weighted by Gasteiger charge is 2.29. The fourth-order valence-electron chi connectivity index (χ4n) is 3.35. The van der Waals surface area contributed by atoms with E-state index in [0.717, 1.165) is 25.7 Å². The highest BCUT2D eigenvalue weighted by atomic mass is 32.2. The van der Waals surface area contributed by atoms with Crippen molar-refractivity contribution in [3.8, 4) is 0 Å². The quantitative estimate of drug-likeness (QED) is 0.747. The minimum Gasteiger partial charge on any atom is -0.353 e. The van der Waals surface area contributed by atoms with Crippen molar-refractivity contribution in [1.29, 1.82) is 0 Å². The summed E-state index contributed by atoms with van der Waals surface area (Å²) in [7, 11) is -1.08. The van der Waals surface area contributed by atoms with Gasteiger partial charge in [0.15, 0.2) is 9.84 Å². The molecule has 8 heteroatoms. The van der Waals surface area contributed by atoms with E-state index in [4.69, 9.17) is 0 Å². The molecular weight excluding hydrogens is 330 g/mol. The molecule has 0 aromatic heterocycles. The number of nitrogens with zero attached hydrogens (tertiary/aromatic N) is 2. The average molecular weight is 359 g/mol. The highest BCUT2D eigenvalue weighted by Crippen LogP contribution is 2.23. The number of rotatable bonds is 5. The summed E-state index contributed by atoms with van der Waals surface area (Å²) in [5.41, 5.74) is 0. The van der Waals surface area contributed by atoms with Gasteiger partial charge in [0.2, 0.25) is 11.8 Å². The highest BCUT2D eigenvalue weighted by molar-refractivity contribution is 7.91. The monoisotopic (exact) mass is 359 g/mol. The molecule has 2 amide bonds. The number of carbonyl (C=O) groups excluding carboxylic acids is 2. The van der Waals surface area contributed by atoms with Crippen LogP contribution < -0.4 is 5.32 Å². The van der Waals surface area contributed by atoms with E-state index in [-0.39, 0.29) is 35.4 Å². The van der Waals surface area contributed by atoms with Crippen molar-refractivity contribution in [2.24, 2.45) is 0 Å². The number of hydrogen-bond donors (Lipinski definition) is 1. The molecule has 24 heavy (non-hydrogen) atoms. The molecule has 1 aliphatic heterocycles. The summed E-state index contributed by atoms with van der Waals surface area (Å²) >= 11 is 0. The molecule has 2 rings (SSSR count). The molecular formula is C16H29N3O4S. The molecule has 138 valence electrons. The Morgan fingerprint density at radius 2 is 1.71 bits per heavy atom. The van der Waals surface area contributed by atoms with Gasteiger partial charge in [0, 0.05) is 38.6 Å². The first-order valence-corrected chi connectivity index (χ1v) is 10.6. The number of amides is 2. The van der Waals surface area contributed by atoms with Crippen molar-refractivity contribution in [2.75, 3.05) is 38.2 Å². The summed E-state index contributed by atoms with van der Waals surface area (Å²) in [6.45, 7) is 3.02. The zero-order valence-corrected chi connectivity index (χ0v) is 15.5. The number of nitrogens with one attached hydrogen (secondary N) is 1. The molecule has 0 aromatic carbocycles. The minimum absolute atomic E-state index is 0.0512. The van der Waals surface area contributed by atoms with Crippen LogP contribution in [0.3, 0.4) is 0 Å². The third-order valence-electron chi connectivity index (χ3n) is 5.12. The SMILES string of the molecule is CCC(=O)NC1CCC(N(C)C(=O)CN2CCS(=O)(=O)CC2)CC1. The molecule has 0 aromatic rings. The van der Waals surface area contributed by atoms with Crippen LogP contribution in [0.25, 0.3) is 0 Å². The summed E-state index contributed by atoms with van der Waals surface area (Å²) in [5.74, 6) is 0.427. The Kier molecular flexibility index (Phi) is 6.62. The lowest BCUT2D eigenvalue weighted by atomic mass is 9.90. The van der Waals surface area contributed by atoms with Gasteiger partial charge in [-0.05, 0) is 25.7 Å². The Morgan fingerprint density at radius 3 is 2.25 bits per heavy atom. The summed E-state index contributed by atoms with van der Waals surface area (Å²) in [5, 5.41) is 3.02. The Balaban J connectivity index is 1.75. The molecule has 7 nitrogen and oxygen atoms in total. The second-order valence-electron chi connectivity index (χ2n) is 6.86. The van der Waals surface area contributed by atoms with Gasteiger partial charge < -0.3 is 10.2 Å². The van der Waals surface area contributed by atoms with Crippen LogP contribution in [0.2, 0.25) is 0 Å². The van der Waals surface area contributed by atoms with Crippen molar-refractivity contribution >= 4 is 21.7 Å². The van der Waals surface area contributed by atoms with Crippen LogP contribution in [-0.4, -0.2) is 80.3 Å². The molecule has 0 bridgehead atoms. The minimum atomic E-state index is -2.91. The Hall–Kier alpha value is -1.15. The van der Waals surface area contributed by atoms with E-state index >= 15 is 0 Å². The predicted molar refractivity (Wildman–Crippen MR) is 92.3 cm³/mol. The molecule has 0 spiro atoms. The summed E-state index contributed by atoms with van der Waals surface area (Å²) in [6, 6.07) is 0.435. The van der Waals surface area contributed by atoms with E-state index < -0.39 is 9.84 Å². The van der Waals surface area contributed by atoms with Gasteiger partial charge in [0.1, 0.15) is 0 Å². The number of sulfone groups is 1. The van der Waals surface area contributed by atoms with E-state index in [1.54, 1.807) is 4.90 Å². The van der Waals surface area contributed by atoms with Crippen LogP contribution in [0.4, 0.5) is 0 Å². The second kappa shape index (κ2) is 8.29. The fraction of sp³-hybridized carbons (Fsp3) is 0.875. The topological polar surface area (TPSA) is 86.8 Å². The van der Waals surface area contributed by atoms with E-state index in [9.17, 15) is 18.0 Å². The third-order valence-corrected chi connectivity index (χ3v) is 6.73. The lowest BCUT2D eigenvalue weighted by molar-refractivity contribution is -0.134. The van der Waals surface area contributed by atoms with Crippen LogP contribution in [0.15, 0.2) is 0 Å². The molecule has 1 heterocycles. The van der Waals surface area contributed by atoms with Gasteiger partial charge in [-0.1, -0.05) is 6.92 Å². The Bertz CT molecular complexity index is 542. The maximum absolute atomic E-state index is 12.4. The van der Waals surface area contributed by atoms with Gasteiger partial charge >= 0.3 is 0 Å². The van der Waals surface area contributed by atoms with Crippen molar-refractivity contribution in [3.63, 3.8) is 0 Å². The molecule has 2 aliphatic rings. The number of hydrogen-bond acceptors (Lipinski definition) is 5. The summed E-state index contributed by atoms with van der Waals surface area (Å²) < 4.78 is 22.9. The molecule has 1 saturated heterocycles. The standard InChI is InChI=1S/C16H29N3O4S/c1-3-15(20)17-13-4-6-14(7-5-13)18(2)16(21)12-19-8-10-24(22,23)11-9-19/h13-14H,3-12H2,1-2H3,(H,17,20). The van der Waals surface area contributed by atoms with E-state index in [2.05, 4.69) is 5.32 Å². The zero-order valence-electron chi connectivity index (χ0n) is 14.7. The van der Waals surface area contributed by atoms with Crippen LogP contribution in [0.5, 0.6) is 0 Å². The molecule has 0 unspecified atom stereocenters. The smallest absolute Gasteiger partial charge is 0.236 e. The molecule has 1 N–H and O–H groups in total. The van der Waals surface area contributed by atoms with Gasteiger partial charge in [-0.3, -0.25) is 14.5 Å². The summed E-state index contributed by atoms with van der Waals surface area (Å²) in [4.78, 5) is 27.6. The van der Waals surface area contributed by atoms with Gasteiger partial charge in [0.05, 0.1) is 18.1 Å². The largest absolute Gasteiger partial charge is 0.353 e. The zero-order chi connectivity index (χ0) is 17.7. The normalized spacial score (nSPS) is 27.4. The molecule has 0 radical (unpaired) electrons. The first-order valence-electron chi connectivity index (χ1n) is 8.78. The van der Waals surface area contributed by atoms with Crippen LogP contribution in [-0.2, 0) is 19.4 Å². The van der Waals surface area contributed by atoms with E-state index in [1.165, 1.54) is 0 Å². The van der Waals surface area contributed by atoms with Gasteiger partial charge in [-0.2, -0.15) is 0 Å². The fourth-order valence-corrected chi connectivity index (χ4v) is 4.63. The van der Waals surface area contributed by atoms with Gasteiger partial charge in [0.25, 0.3) is 0 Å². The van der Waals surface area contributed by atoms with Crippen molar-refractivity contribution in [2.45, 2.75) is 51.1 Å². The van der Waals surface area contributed by atoms with Crippen molar-refractivity contribution in [1.82, 2.24) is 15.1 Å². The average Bonchev–Trinajstić information content (AvgIpc) is 2.56. The number of carbonyl (C=O) groups is 2. The Labute approximate surface area is 144 Å². The first-order chi connectivity index (χ1) is 11.3. The maximum Gasteiger partial charge on any atom is 0.236 e. The van der Waals surface area contributed by atoms with Crippen molar-refractivity contribution in [3.05, 3.63) is 0 Å². The lowest BCUT2D eigenvalue weighted by Gasteiger charge is -2.36. The number of likely N-dealkylation sites (N-methyl/N-ethyl adjacent to an activating group) is 1. The van der Waals surface area contributed by atoms with E-state index in [0.29, 0.717) is 26.1 Å². The molecule has 1 saturated carbocycles. The molecule has 2 fully saturated rings. The first kappa shape index (κ1) is 19.2. The van der Waals surface area contributed by atoms with Gasteiger partial charge in [-0.25, -0.2) is 8.42 Å². The lowest BCUT2D eigenvalue weighted by Crippen LogP contribution is -2.49. The third kappa shape index (κ3) is 5.44. The van der Waals surface area contributed by atoms with E-state index in [1.807, 2.05) is 18.9 Å². The van der Waals surface area contributed by atoms with Crippen LogP contribution in [0, 0.1) is 0 Å². The summed E-state index contributed by atoms with van der Waals surface area (Å²) in [6.07, 6.45) is 4.09. The van der Waals surface area contributed by atoms with Crippen molar-refractivity contribution < 1.29 is 18.0 Å². The van der Waals surface area contributed by atoms with Gasteiger partial charge in [-0.15, -0.1) is 0 Å². The molecule has 1 aliphatic carbocycles. The second-order valence-corrected chi connectivity index (χ2v) is 9.16. The van der Waals surface area contributed by atoms with Crippen LogP contribution in [0.1, 0.15) is 39.0 Å².